The summed E-state index contributed by atoms with van der Waals surface area (Å²) >= 11 is 4.57. The minimum atomic E-state index is -3.45. The van der Waals surface area contributed by atoms with Gasteiger partial charge < -0.3 is 4.90 Å². The van der Waals surface area contributed by atoms with Crippen molar-refractivity contribution < 1.29 is 13.2 Å². The number of likely N-dealkylation sites (tertiary alicyclic amines) is 1. The van der Waals surface area contributed by atoms with Gasteiger partial charge in [-0.05, 0) is 42.5 Å². The molecule has 5 nitrogen and oxygen atoms in total. The number of carbonyl (C=O) groups excluding carboxylic acids is 1. The van der Waals surface area contributed by atoms with Crippen LogP contribution < -0.4 is 4.72 Å². The molecular weight excluding hydrogens is 412 g/mol. The van der Waals surface area contributed by atoms with Crippen LogP contribution in [0.4, 0.5) is 0 Å². The quantitative estimate of drug-likeness (QED) is 0.813. The SMILES string of the molecule is O=C(c1cccc(Br)c1)N1CCC(NS(=O)(=O)c2cccs2)CC1. The Morgan fingerprint density at radius 1 is 1.21 bits per heavy atom. The van der Waals surface area contributed by atoms with Gasteiger partial charge in [-0.2, -0.15) is 0 Å². The molecule has 1 amide bonds. The fourth-order valence-electron chi connectivity index (χ4n) is 2.70. The van der Waals surface area contributed by atoms with Crippen molar-refractivity contribution in [3.63, 3.8) is 0 Å². The standard InChI is InChI=1S/C16H17BrN2O3S2/c17-13-4-1-3-12(11-13)16(20)19-8-6-14(7-9-19)18-24(21,22)15-5-2-10-23-15/h1-5,10-11,14,18H,6-9H2. The van der Waals surface area contributed by atoms with Crippen LogP contribution in [0.2, 0.25) is 0 Å². The van der Waals surface area contributed by atoms with E-state index in [1.165, 1.54) is 11.3 Å². The number of hydrogen-bond acceptors (Lipinski definition) is 4. The Bertz CT molecular complexity index is 814. The van der Waals surface area contributed by atoms with Crippen molar-refractivity contribution in [3.8, 4) is 0 Å². The highest BCUT2D eigenvalue weighted by Crippen LogP contribution is 2.20. The highest BCUT2D eigenvalue weighted by molar-refractivity contribution is 9.10. The highest BCUT2D eigenvalue weighted by atomic mass is 79.9. The van der Waals surface area contributed by atoms with Crippen molar-refractivity contribution >= 4 is 43.2 Å². The summed E-state index contributed by atoms with van der Waals surface area (Å²) in [7, 11) is -3.45. The van der Waals surface area contributed by atoms with Gasteiger partial charge in [-0.1, -0.05) is 28.1 Å². The lowest BCUT2D eigenvalue weighted by atomic mass is 10.0. The molecule has 1 aliphatic rings. The minimum absolute atomic E-state index is 0.0177. The summed E-state index contributed by atoms with van der Waals surface area (Å²) < 4.78 is 28.4. The van der Waals surface area contributed by atoms with E-state index < -0.39 is 10.0 Å². The van der Waals surface area contributed by atoms with E-state index in [2.05, 4.69) is 20.7 Å². The fourth-order valence-corrected chi connectivity index (χ4v) is 5.41. The van der Waals surface area contributed by atoms with Crippen molar-refractivity contribution in [2.45, 2.75) is 23.1 Å². The molecule has 1 fully saturated rings. The van der Waals surface area contributed by atoms with E-state index in [4.69, 9.17) is 0 Å². The Labute approximate surface area is 153 Å². The molecule has 1 aromatic carbocycles. The normalized spacial score (nSPS) is 16.3. The lowest BCUT2D eigenvalue weighted by Gasteiger charge is -2.32. The van der Waals surface area contributed by atoms with Crippen LogP contribution >= 0.6 is 27.3 Å². The molecule has 1 aromatic heterocycles. The summed E-state index contributed by atoms with van der Waals surface area (Å²) in [6, 6.07) is 10.5. The molecule has 0 saturated carbocycles. The molecule has 128 valence electrons. The van der Waals surface area contributed by atoms with Crippen molar-refractivity contribution in [1.29, 1.82) is 0 Å². The molecule has 1 saturated heterocycles. The zero-order valence-corrected chi connectivity index (χ0v) is 16.0. The first-order valence-corrected chi connectivity index (χ1v) is 10.7. The van der Waals surface area contributed by atoms with Gasteiger partial charge in [-0.25, -0.2) is 13.1 Å². The van der Waals surface area contributed by atoms with E-state index >= 15 is 0 Å². The molecule has 24 heavy (non-hydrogen) atoms. The van der Waals surface area contributed by atoms with E-state index in [-0.39, 0.29) is 11.9 Å². The maximum absolute atomic E-state index is 12.5. The minimum Gasteiger partial charge on any atom is -0.339 e. The summed E-state index contributed by atoms with van der Waals surface area (Å²) in [5.41, 5.74) is 0.641. The average molecular weight is 429 g/mol. The topological polar surface area (TPSA) is 66.5 Å². The first kappa shape index (κ1) is 17.6. The third-order valence-electron chi connectivity index (χ3n) is 3.94. The first-order chi connectivity index (χ1) is 11.5. The van der Waals surface area contributed by atoms with Crippen LogP contribution in [0, 0.1) is 0 Å². The van der Waals surface area contributed by atoms with Gasteiger partial charge in [0.15, 0.2) is 0 Å². The van der Waals surface area contributed by atoms with Gasteiger partial charge in [0.1, 0.15) is 4.21 Å². The van der Waals surface area contributed by atoms with Gasteiger partial charge in [-0.3, -0.25) is 4.79 Å². The van der Waals surface area contributed by atoms with Crippen LogP contribution in [-0.4, -0.2) is 38.4 Å². The number of nitrogens with zero attached hydrogens (tertiary/aromatic N) is 1. The van der Waals surface area contributed by atoms with Crippen LogP contribution in [0.1, 0.15) is 23.2 Å². The molecule has 0 bridgehead atoms. The average Bonchev–Trinajstić information content (AvgIpc) is 3.10. The first-order valence-electron chi connectivity index (χ1n) is 7.56. The summed E-state index contributed by atoms with van der Waals surface area (Å²) in [4.78, 5) is 14.3. The Hall–Kier alpha value is -1.22. The number of benzene rings is 1. The molecule has 0 aliphatic carbocycles. The summed E-state index contributed by atoms with van der Waals surface area (Å²) in [5, 5.41) is 1.74. The van der Waals surface area contributed by atoms with Gasteiger partial charge in [0.05, 0.1) is 0 Å². The van der Waals surface area contributed by atoms with Crippen molar-refractivity contribution in [3.05, 3.63) is 51.8 Å². The molecule has 8 heteroatoms. The smallest absolute Gasteiger partial charge is 0.253 e. The van der Waals surface area contributed by atoms with Gasteiger partial charge >= 0.3 is 0 Å². The van der Waals surface area contributed by atoms with Gasteiger partial charge in [0.25, 0.3) is 5.91 Å². The highest BCUT2D eigenvalue weighted by Gasteiger charge is 2.27. The Balaban J connectivity index is 1.59. The molecular formula is C16H17BrN2O3S2. The van der Waals surface area contributed by atoms with Crippen LogP contribution in [0.15, 0.2) is 50.5 Å². The second-order valence-electron chi connectivity index (χ2n) is 5.63. The van der Waals surface area contributed by atoms with Crippen molar-refractivity contribution in [1.82, 2.24) is 9.62 Å². The fraction of sp³-hybridized carbons (Fsp3) is 0.312. The second-order valence-corrected chi connectivity index (χ2v) is 9.43. The summed E-state index contributed by atoms with van der Waals surface area (Å²) in [6.45, 7) is 1.09. The number of thiophene rings is 1. The number of nitrogens with one attached hydrogen (secondary N) is 1. The van der Waals surface area contributed by atoms with E-state index in [0.717, 1.165) is 4.47 Å². The zero-order chi connectivity index (χ0) is 17.2. The number of halogens is 1. The van der Waals surface area contributed by atoms with E-state index in [1.54, 1.807) is 34.5 Å². The monoisotopic (exact) mass is 428 g/mol. The lowest BCUT2D eigenvalue weighted by molar-refractivity contribution is 0.0711. The molecule has 1 aliphatic heterocycles. The van der Waals surface area contributed by atoms with Gasteiger partial charge in [0, 0.05) is 29.2 Å². The zero-order valence-electron chi connectivity index (χ0n) is 12.8. The third kappa shape index (κ3) is 4.05. The van der Waals surface area contributed by atoms with Gasteiger partial charge in [-0.15, -0.1) is 11.3 Å². The molecule has 1 N–H and O–H groups in total. The number of sulfonamides is 1. The molecule has 2 heterocycles. The van der Waals surface area contributed by atoms with Gasteiger partial charge in [0.2, 0.25) is 10.0 Å². The number of piperidine rings is 1. The van der Waals surface area contributed by atoms with Crippen LogP contribution in [-0.2, 0) is 10.0 Å². The van der Waals surface area contributed by atoms with E-state index in [9.17, 15) is 13.2 Å². The maximum Gasteiger partial charge on any atom is 0.253 e. The number of rotatable bonds is 4. The maximum atomic E-state index is 12.5. The van der Waals surface area contributed by atoms with Crippen LogP contribution in [0.5, 0.6) is 0 Å². The largest absolute Gasteiger partial charge is 0.339 e. The number of carbonyl (C=O) groups is 1. The molecule has 0 spiro atoms. The van der Waals surface area contributed by atoms with Crippen LogP contribution in [0.3, 0.4) is 0 Å². The summed E-state index contributed by atoms with van der Waals surface area (Å²) in [6.07, 6.45) is 1.23. The predicted molar refractivity (Wildman–Crippen MR) is 97.7 cm³/mol. The predicted octanol–water partition coefficient (Wildman–Crippen LogP) is 3.09. The molecule has 0 radical (unpaired) electrons. The molecule has 2 aromatic rings. The molecule has 0 unspecified atom stereocenters. The Morgan fingerprint density at radius 2 is 1.96 bits per heavy atom. The summed E-state index contributed by atoms with van der Waals surface area (Å²) in [5.74, 6) is -0.0177. The van der Waals surface area contributed by atoms with E-state index in [1.807, 2.05) is 12.1 Å². The van der Waals surface area contributed by atoms with Crippen LogP contribution in [0.25, 0.3) is 0 Å². The Morgan fingerprint density at radius 3 is 2.58 bits per heavy atom. The van der Waals surface area contributed by atoms with Crippen molar-refractivity contribution in [2.24, 2.45) is 0 Å². The van der Waals surface area contributed by atoms with E-state index in [0.29, 0.717) is 35.7 Å². The number of amides is 1. The molecule has 3 rings (SSSR count). The second kappa shape index (κ2) is 7.35. The lowest BCUT2D eigenvalue weighted by Crippen LogP contribution is -2.46. The van der Waals surface area contributed by atoms with Crippen molar-refractivity contribution in [2.75, 3.05) is 13.1 Å². The third-order valence-corrected chi connectivity index (χ3v) is 7.35. The Kier molecular flexibility index (Phi) is 5.39. The number of hydrogen-bond donors (Lipinski definition) is 1. The molecule has 0 atom stereocenters.